The van der Waals surface area contributed by atoms with Gasteiger partial charge in [-0.3, -0.25) is 20.2 Å². The minimum absolute atomic E-state index is 0.0398. The summed E-state index contributed by atoms with van der Waals surface area (Å²) in [6.45, 7) is 7.87. The second kappa shape index (κ2) is 11.6. The molecule has 4 aliphatic carbocycles. The van der Waals surface area contributed by atoms with Crippen LogP contribution in [0.25, 0.3) is 0 Å². The maximum Gasteiger partial charge on any atom is 0.338 e. The molecule has 0 saturated heterocycles. The average Bonchev–Trinajstić information content (AvgIpc) is 3.37. The fourth-order valence-electron chi connectivity index (χ4n) is 9.50. The standard InChI is InChI=1S/C35H42N2O7/c1-22(21-43-27-11-9-26(10-12-27)37(41)42)30-14-15-31-29-13-6-24-20-28(16-18-34(24,2)32(29)17-19-35(30,31)3)44-33(38)23-4-7-25(8-5-23)36(39)40/h4-5,7-13,22,24,28,30-32H,6,14-21H2,1-3H3/t22-,24?,28-,30-,31+,32+,34+,35-/m1/s1. The van der Waals surface area contributed by atoms with Crippen molar-refractivity contribution in [3.63, 3.8) is 0 Å². The summed E-state index contributed by atoms with van der Waals surface area (Å²) < 4.78 is 12.0. The number of nitro benzene ring substituents is 2. The molecule has 3 fully saturated rings. The van der Waals surface area contributed by atoms with E-state index in [0.717, 1.165) is 25.7 Å². The molecule has 6 rings (SSSR count). The Bertz CT molecular complexity index is 1450. The summed E-state index contributed by atoms with van der Waals surface area (Å²) in [4.78, 5) is 33.9. The molecule has 44 heavy (non-hydrogen) atoms. The third-order valence-corrected chi connectivity index (χ3v) is 11.9. The summed E-state index contributed by atoms with van der Waals surface area (Å²) in [5.41, 5.74) is 2.49. The Balaban J connectivity index is 1.09. The van der Waals surface area contributed by atoms with Crippen molar-refractivity contribution in [3.8, 4) is 5.75 Å². The van der Waals surface area contributed by atoms with Gasteiger partial charge >= 0.3 is 5.97 Å². The number of benzene rings is 2. The highest BCUT2D eigenvalue weighted by atomic mass is 16.6. The number of rotatable bonds is 8. The van der Waals surface area contributed by atoms with Crippen LogP contribution in [-0.4, -0.2) is 28.5 Å². The number of fused-ring (bicyclic) bond motifs is 5. The van der Waals surface area contributed by atoms with Gasteiger partial charge in [0, 0.05) is 24.3 Å². The molecule has 2 aromatic rings. The number of carbonyl (C=O) groups is 1. The predicted octanol–water partition coefficient (Wildman–Crippen LogP) is 8.32. The lowest BCUT2D eigenvalue weighted by atomic mass is 9.47. The van der Waals surface area contributed by atoms with E-state index >= 15 is 0 Å². The van der Waals surface area contributed by atoms with Crippen molar-refractivity contribution < 1.29 is 24.1 Å². The van der Waals surface area contributed by atoms with Crippen molar-refractivity contribution >= 4 is 17.3 Å². The van der Waals surface area contributed by atoms with Crippen molar-refractivity contribution in [2.24, 2.45) is 40.4 Å². The first-order valence-electron chi connectivity index (χ1n) is 16.0. The van der Waals surface area contributed by atoms with E-state index in [0.29, 0.717) is 47.5 Å². The average molecular weight is 603 g/mol. The zero-order chi connectivity index (χ0) is 31.2. The molecule has 0 N–H and O–H groups in total. The van der Waals surface area contributed by atoms with Gasteiger partial charge in [0.15, 0.2) is 0 Å². The van der Waals surface area contributed by atoms with Gasteiger partial charge in [0.05, 0.1) is 22.0 Å². The van der Waals surface area contributed by atoms with Gasteiger partial charge in [-0.15, -0.1) is 0 Å². The molecule has 4 aliphatic rings. The Kier molecular flexibility index (Phi) is 8.01. The Morgan fingerprint density at radius 2 is 1.50 bits per heavy atom. The molecular formula is C35H42N2O7. The molecule has 0 heterocycles. The van der Waals surface area contributed by atoms with E-state index in [2.05, 4.69) is 26.8 Å². The van der Waals surface area contributed by atoms with Crippen molar-refractivity contribution in [1.82, 2.24) is 0 Å². The summed E-state index contributed by atoms with van der Waals surface area (Å²) in [6.07, 6.45) is 11.0. The number of carbonyl (C=O) groups excluding carboxylic acids is 1. The van der Waals surface area contributed by atoms with Crippen LogP contribution in [0.1, 0.15) is 82.5 Å². The van der Waals surface area contributed by atoms with Gasteiger partial charge in [-0.25, -0.2) is 4.79 Å². The van der Waals surface area contributed by atoms with E-state index in [1.165, 1.54) is 62.1 Å². The zero-order valence-corrected chi connectivity index (χ0v) is 25.8. The lowest BCUT2D eigenvalue weighted by molar-refractivity contribution is -0.385. The van der Waals surface area contributed by atoms with Crippen LogP contribution >= 0.6 is 0 Å². The van der Waals surface area contributed by atoms with Crippen molar-refractivity contribution in [2.75, 3.05) is 6.61 Å². The third kappa shape index (κ3) is 5.39. The van der Waals surface area contributed by atoms with Crippen LogP contribution in [0.15, 0.2) is 60.2 Å². The highest BCUT2D eigenvalue weighted by molar-refractivity contribution is 5.89. The van der Waals surface area contributed by atoms with Gasteiger partial charge in [-0.05, 0) is 116 Å². The van der Waals surface area contributed by atoms with Crippen LogP contribution in [0.5, 0.6) is 5.75 Å². The number of hydrogen-bond acceptors (Lipinski definition) is 7. The van der Waals surface area contributed by atoms with Gasteiger partial charge in [-0.1, -0.05) is 32.4 Å². The molecule has 0 aliphatic heterocycles. The van der Waals surface area contributed by atoms with Gasteiger partial charge in [-0.2, -0.15) is 0 Å². The Hall–Kier alpha value is -3.75. The van der Waals surface area contributed by atoms with E-state index in [1.54, 1.807) is 17.7 Å². The maximum absolute atomic E-state index is 12.8. The number of allylic oxidation sites excluding steroid dienone is 2. The van der Waals surface area contributed by atoms with Crippen LogP contribution in [0.4, 0.5) is 11.4 Å². The first-order chi connectivity index (χ1) is 21.0. The fraction of sp³-hybridized carbons (Fsp3) is 0.571. The second-order valence-corrected chi connectivity index (χ2v) is 14.1. The van der Waals surface area contributed by atoms with E-state index in [1.807, 2.05) is 0 Å². The van der Waals surface area contributed by atoms with Gasteiger partial charge in [0.25, 0.3) is 11.4 Å². The molecule has 234 valence electrons. The van der Waals surface area contributed by atoms with Gasteiger partial charge < -0.3 is 9.47 Å². The molecule has 0 bridgehead atoms. The maximum atomic E-state index is 12.8. The normalized spacial score (nSPS) is 33.2. The predicted molar refractivity (Wildman–Crippen MR) is 165 cm³/mol. The quantitative estimate of drug-likeness (QED) is 0.129. The Morgan fingerprint density at radius 3 is 2.16 bits per heavy atom. The van der Waals surface area contributed by atoms with E-state index in [-0.39, 0.29) is 28.3 Å². The fourth-order valence-corrected chi connectivity index (χ4v) is 9.50. The number of nitrogens with zero attached hydrogens (tertiary/aromatic N) is 2. The number of non-ortho nitro benzene ring substituents is 2. The highest BCUT2D eigenvalue weighted by Gasteiger charge is 2.58. The smallest absolute Gasteiger partial charge is 0.338 e. The van der Waals surface area contributed by atoms with Crippen molar-refractivity contribution in [1.29, 1.82) is 0 Å². The van der Waals surface area contributed by atoms with E-state index in [4.69, 9.17) is 9.47 Å². The molecular weight excluding hydrogens is 560 g/mol. The first-order valence-corrected chi connectivity index (χ1v) is 16.0. The third-order valence-electron chi connectivity index (χ3n) is 11.9. The van der Waals surface area contributed by atoms with Crippen molar-refractivity contribution in [2.45, 2.75) is 78.2 Å². The zero-order valence-electron chi connectivity index (χ0n) is 25.8. The summed E-state index contributed by atoms with van der Waals surface area (Å²) >= 11 is 0. The topological polar surface area (TPSA) is 122 Å². The monoisotopic (exact) mass is 602 g/mol. The Labute approximate surface area is 258 Å². The SMILES string of the molecule is C[C@H](COc1ccc([N+](=O)[O-])cc1)[C@H]1CC[C@H]2C3=CCC4C[C@H](OC(=O)c5ccc([N+](=O)[O-])cc5)CC[C@]4(C)[C@H]3CC[C@]12C. The molecule has 0 spiro atoms. The van der Waals surface area contributed by atoms with Gasteiger partial charge in [0.1, 0.15) is 11.9 Å². The van der Waals surface area contributed by atoms with Crippen LogP contribution in [0.2, 0.25) is 0 Å². The van der Waals surface area contributed by atoms with Crippen LogP contribution in [0, 0.1) is 60.6 Å². The largest absolute Gasteiger partial charge is 0.493 e. The molecule has 9 nitrogen and oxygen atoms in total. The lowest BCUT2D eigenvalue weighted by Crippen LogP contribution is -2.50. The lowest BCUT2D eigenvalue weighted by Gasteiger charge is -2.58. The van der Waals surface area contributed by atoms with E-state index < -0.39 is 15.8 Å². The molecule has 2 aromatic carbocycles. The summed E-state index contributed by atoms with van der Waals surface area (Å²) in [5.74, 6) is 2.83. The summed E-state index contributed by atoms with van der Waals surface area (Å²) in [7, 11) is 0. The minimum atomic E-state index is -0.471. The molecule has 1 unspecified atom stereocenters. The molecule has 0 aromatic heterocycles. The molecule has 9 heteroatoms. The minimum Gasteiger partial charge on any atom is -0.493 e. The van der Waals surface area contributed by atoms with Gasteiger partial charge in [0.2, 0.25) is 0 Å². The first kappa shape index (κ1) is 30.3. The van der Waals surface area contributed by atoms with E-state index in [9.17, 15) is 25.0 Å². The summed E-state index contributed by atoms with van der Waals surface area (Å²) in [5, 5.41) is 21.9. The van der Waals surface area contributed by atoms with Crippen LogP contribution in [-0.2, 0) is 4.74 Å². The molecule has 0 amide bonds. The van der Waals surface area contributed by atoms with Crippen LogP contribution < -0.4 is 4.74 Å². The second-order valence-electron chi connectivity index (χ2n) is 14.1. The highest BCUT2D eigenvalue weighted by Crippen LogP contribution is 2.66. The number of nitro groups is 2. The molecule has 8 atom stereocenters. The molecule has 3 saturated carbocycles. The molecule has 0 radical (unpaired) electrons. The number of ether oxygens (including phenoxy) is 2. The Morgan fingerprint density at radius 1 is 0.886 bits per heavy atom. The van der Waals surface area contributed by atoms with Crippen LogP contribution in [0.3, 0.4) is 0 Å². The van der Waals surface area contributed by atoms with Crippen molar-refractivity contribution in [3.05, 3.63) is 86.0 Å². The number of hydrogen-bond donors (Lipinski definition) is 0. The summed E-state index contributed by atoms with van der Waals surface area (Å²) in [6, 6.07) is 12.0. The number of esters is 1.